The van der Waals surface area contributed by atoms with Gasteiger partial charge in [0.15, 0.2) is 0 Å². The van der Waals surface area contributed by atoms with E-state index in [-0.39, 0.29) is 17.9 Å². The van der Waals surface area contributed by atoms with E-state index >= 15 is 0 Å². The number of hydrazone groups is 1. The second-order valence-corrected chi connectivity index (χ2v) is 9.45. The second kappa shape index (κ2) is 10.5. The van der Waals surface area contributed by atoms with Crippen LogP contribution in [0, 0.1) is 0 Å². The standard InChI is InChI=1S/C26H37N7O2/c1-7-29-16(2)15-26(25(27)30-31-28)21-10-8-9-17(23(34)32(3)4)13-19(21)20-14-18(11-12-22(20)26)24(35)33(5)6/h8-9,11-14,16,29,31H,7,10,15,28H2,1-6H3,(H2,27,30)/t16-,26?/m1/s1. The molecule has 1 aromatic carbocycles. The number of amidine groups is 1. The largest absolute Gasteiger partial charge is 0.385 e. The van der Waals surface area contributed by atoms with E-state index in [1.165, 1.54) is 0 Å². The number of allylic oxidation sites excluding steroid dienone is 3. The van der Waals surface area contributed by atoms with E-state index < -0.39 is 5.41 Å². The van der Waals surface area contributed by atoms with Crippen molar-refractivity contribution < 1.29 is 9.59 Å². The predicted octanol–water partition coefficient (Wildman–Crippen LogP) is 1.49. The predicted molar refractivity (Wildman–Crippen MR) is 140 cm³/mol. The number of rotatable bonds is 8. The van der Waals surface area contributed by atoms with E-state index in [9.17, 15) is 9.59 Å². The van der Waals surface area contributed by atoms with Crippen LogP contribution in [-0.4, -0.2) is 68.2 Å². The van der Waals surface area contributed by atoms with Gasteiger partial charge in [0.1, 0.15) is 5.84 Å². The Labute approximate surface area is 207 Å². The lowest BCUT2D eigenvalue weighted by Crippen LogP contribution is -2.47. The van der Waals surface area contributed by atoms with Gasteiger partial charge < -0.3 is 20.9 Å². The van der Waals surface area contributed by atoms with Crippen LogP contribution in [0.2, 0.25) is 0 Å². The first-order valence-corrected chi connectivity index (χ1v) is 11.8. The highest BCUT2D eigenvalue weighted by Gasteiger charge is 2.48. The molecule has 35 heavy (non-hydrogen) atoms. The highest BCUT2D eigenvalue weighted by molar-refractivity contribution is 6.07. The summed E-state index contributed by atoms with van der Waals surface area (Å²) >= 11 is 0. The number of carbonyl (C=O) groups excluding carboxylic acids is 2. The number of hydrazine groups is 1. The van der Waals surface area contributed by atoms with Crippen LogP contribution in [0.25, 0.3) is 5.57 Å². The lowest BCUT2D eigenvalue weighted by Gasteiger charge is -2.36. The zero-order valence-electron chi connectivity index (χ0n) is 21.5. The molecule has 0 fully saturated rings. The van der Waals surface area contributed by atoms with Crippen LogP contribution < -0.4 is 22.4 Å². The molecule has 0 spiro atoms. The average molecular weight is 480 g/mol. The van der Waals surface area contributed by atoms with E-state index in [2.05, 4.69) is 29.8 Å². The maximum absolute atomic E-state index is 12.9. The molecule has 9 nitrogen and oxygen atoms in total. The third kappa shape index (κ3) is 4.74. The van der Waals surface area contributed by atoms with E-state index in [0.717, 1.165) is 28.8 Å². The van der Waals surface area contributed by atoms with Crippen molar-refractivity contribution in [1.82, 2.24) is 20.7 Å². The second-order valence-electron chi connectivity index (χ2n) is 9.45. The summed E-state index contributed by atoms with van der Waals surface area (Å²) in [4.78, 5) is 28.8. The SMILES string of the molecule is CCN[C@H](C)CC1(/C(N)=N/NN)C2=C(C=C(C(=O)N(C)C)C=CC2)c2cc(C(=O)N(C)C)ccc21. The van der Waals surface area contributed by atoms with Crippen molar-refractivity contribution in [3.63, 3.8) is 0 Å². The monoisotopic (exact) mass is 479 g/mol. The number of carbonyl (C=O) groups is 2. The Balaban J connectivity index is 2.37. The van der Waals surface area contributed by atoms with Gasteiger partial charge >= 0.3 is 0 Å². The van der Waals surface area contributed by atoms with E-state index in [1.54, 1.807) is 38.0 Å². The maximum Gasteiger partial charge on any atom is 0.253 e. The number of amides is 2. The van der Waals surface area contributed by atoms with Gasteiger partial charge in [0.2, 0.25) is 0 Å². The first-order chi connectivity index (χ1) is 16.6. The molecule has 1 aromatic rings. The molecule has 2 aliphatic carbocycles. The number of benzene rings is 1. The smallest absolute Gasteiger partial charge is 0.253 e. The van der Waals surface area contributed by atoms with Crippen LogP contribution in [0.3, 0.4) is 0 Å². The highest BCUT2D eigenvalue weighted by atomic mass is 16.2. The molecule has 0 saturated heterocycles. The topological polar surface area (TPSA) is 129 Å². The van der Waals surface area contributed by atoms with Crippen LogP contribution in [0.1, 0.15) is 48.2 Å². The third-order valence-corrected chi connectivity index (χ3v) is 6.62. The van der Waals surface area contributed by atoms with Crippen molar-refractivity contribution in [2.75, 3.05) is 34.7 Å². The molecule has 9 heteroatoms. The molecule has 0 aliphatic heterocycles. The van der Waals surface area contributed by atoms with Gasteiger partial charge in [0, 0.05) is 45.4 Å². The minimum absolute atomic E-state index is 0.0964. The molecule has 1 unspecified atom stereocenters. The molecule has 0 radical (unpaired) electrons. The van der Waals surface area contributed by atoms with Gasteiger partial charge in [0.05, 0.1) is 5.41 Å². The molecule has 2 atom stereocenters. The molecular formula is C26H37N7O2. The molecule has 6 N–H and O–H groups in total. The number of likely N-dealkylation sites (N-methyl/N-ethyl adjacent to an activating group) is 1. The molecule has 0 saturated carbocycles. The van der Waals surface area contributed by atoms with E-state index in [1.807, 2.05) is 36.4 Å². The third-order valence-electron chi connectivity index (χ3n) is 6.62. The van der Waals surface area contributed by atoms with Crippen LogP contribution in [0.5, 0.6) is 0 Å². The van der Waals surface area contributed by atoms with E-state index in [0.29, 0.717) is 29.8 Å². The summed E-state index contributed by atoms with van der Waals surface area (Å²) in [6.45, 7) is 4.98. The Bertz CT molecular complexity index is 1130. The van der Waals surface area contributed by atoms with Crippen molar-refractivity contribution >= 4 is 23.2 Å². The van der Waals surface area contributed by atoms with Crippen molar-refractivity contribution in [1.29, 1.82) is 0 Å². The fourth-order valence-corrected chi connectivity index (χ4v) is 5.11. The Morgan fingerprint density at radius 3 is 2.46 bits per heavy atom. The van der Waals surface area contributed by atoms with Crippen LogP contribution in [0.4, 0.5) is 0 Å². The summed E-state index contributed by atoms with van der Waals surface area (Å²) in [6.07, 6.45) is 6.95. The van der Waals surface area contributed by atoms with Crippen LogP contribution in [0.15, 0.2) is 52.7 Å². The Hall–Kier alpha value is -3.43. The number of nitrogens with two attached hydrogens (primary N) is 2. The minimum Gasteiger partial charge on any atom is -0.385 e. The van der Waals surface area contributed by atoms with Crippen LogP contribution >= 0.6 is 0 Å². The van der Waals surface area contributed by atoms with Gasteiger partial charge in [-0.1, -0.05) is 25.1 Å². The highest BCUT2D eigenvalue weighted by Crippen LogP contribution is 2.52. The molecule has 188 valence electrons. The van der Waals surface area contributed by atoms with Crippen molar-refractivity contribution in [3.05, 3.63) is 64.3 Å². The lowest BCUT2D eigenvalue weighted by atomic mass is 9.70. The summed E-state index contributed by atoms with van der Waals surface area (Å²) < 4.78 is 0. The molecule has 3 rings (SSSR count). The summed E-state index contributed by atoms with van der Waals surface area (Å²) in [7, 11) is 6.91. The fraction of sp³-hybridized carbons (Fsp3) is 0.423. The molecule has 2 amide bonds. The van der Waals surface area contributed by atoms with Gasteiger partial charge in [-0.3, -0.25) is 9.59 Å². The van der Waals surface area contributed by atoms with Gasteiger partial charge in [-0.05, 0) is 66.8 Å². The number of fused-ring (bicyclic) bond motifs is 2. The first kappa shape index (κ1) is 26.2. The van der Waals surface area contributed by atoms with Crippen LogP contribution in [-0.2, 0) is 10.2 Å². The lowest BCUT2D eigenvalue weighted by molar-refractivity contribution is -0.124. The Kier molecular flexibility index (Phi) is 7.82. The van der Waals surface area contributed by atoms with Gasteiger partial charge in [-0.2, -0.15) is 5.10 Å². The molecule has 2 aliphatic rings. The maximum atomic E-state index is 12.9. The fourth-order valence-electron chi connectivity index (χ4n) is 5.11. The number of hydrogen-bond donors (Lipinski definition) is 4. The van der Waals surface area contributed by atoms with Gasteiger partial charge in [-0.15, -0.1) is 0 Å². The number of nitrogens with zero attached hydrogens (tertiary/aromatic N) is 3. The molecule has 0 aromatic heterocycles. The van der Waals surface area contributed by atoms with E-state index in [4.69, 9.17) is 11.6 Å². The van der Waals surface area contributed by atoms with Crippen molar-refractivity contribution in [2.24, 2.45) is 16.7 Å². The average Bonchev–Trinajstić information content (AvgIpc) is 2.93. The van der Waals surface area contributed by atoms with Gasteiger partial charge in [-0.25, -0.2) is 11.4 Å². The minimum atomic E-state index is -0.768. The zero-order chi connectivity index (χ0) is 25.9. The normalized spacial score (nSPS) is 20.0. The Morgan fingerprint density at radius 1 is 1.17 bits per heavy atom. The summed E-state index contributed by atoms with van der Waals surface area (Å²) in [6, 6.07) is 5.79. The summed E-state index contributed by atoms with van der Waals surface area (Å²) in [5, 5.41) is 7.73. The first-order valence-electron chi connectivity index (χ1n) is 11.8. The quantitative estimate of drug-likeness (QED) is 0.194. The summed E-state index contributed by atoms with van der Waals surface area (Å²) in [5.41, 5.74) is 13.2. The van der Waals surface area contributed by atoms with Crippen molar-refractivity contribution in [3.8, 4) is 0 Å². The molecule has 0 heterocycles. The van der Waals surface area contributed by atoms with Gasteiger partial charge in [0.25, 0.3) is 11.8 Å². The summed E-state index contributed by atoms with van der Waals surface area (Å²) in [5.74, 6) is 5.73. The Morgan fingerprint density at radius 2 is 1.86 bits per heavy atom. The molecule has 0 bridgehead atoms. The van der Waals surface area contributed by atoms with Crippen molar-refractivity contribution in [2.45, 2.75) is 38.1 Å². The zero-order valence-corrected chi connectivity index (χ0v) is 21.5. The molecular weight excluding hydrogens is 442 g/mol. The number of hydrogen-bond acceptors (Lipinski definition) is 6. The number of nitrogens with one attached hydrogen (secondary N) is 2.